The maximum Gasteiger partial charge on any atom is 0.156 e. The lowest BCUT2D eigenvalue weighted by molar-refractivity contribution is -0.133. The molecule has 3 nitrogen and oxygen atoms in total. The summed E-state index contributed by atoms with van der Waals surface area (Å²) in [5.41, 5.74) is -1.75. The van der Waals surface area contributed by atoms with Crippen LogP contribution in [0.15, 0.2) is 0 Å². The van der Waals surface area contributed by atoms with Crippen LogP contribution in [-0.4, -0.2) is 16.5 Å². The van der Waals surface area contributed by atoms with Gasteiger partial charge in [0.2, 0.25) is 0 Å². The van der Waals surface area contributed by atoms with E-state index in [1.807, 2.05) is 13.8 Å². The van der Waals surface area contributed by atoms with Crippen LogP contribution >= 0.6 is 0 Å². The molecule has 0 heterocycles. The number of Topliss-reactive ketones (excluding diaryl/α,β-unsaturated/α-hetero) is 1. The van der Waals surface area contributed by atoms with Crippen molar-refractivity contribution in [3.63, 3.8) is 0 Å². The molecule has 2 saturated carbocycles. The Bertz CT molecular complexity index is 355. The molecule has 0 aliphatic heterocycles. The number of rotatable bonds is 0. The third-order valence-corrected chi connectivity index (χ3v) is 4.55. The first kappa shape index (κ1) is 10.6. The van der Waals surface area contributed by atoms with Crippen LogP contribution in [0.1, 0.15) is 33.6 Å². The summed E-state index contributed by atoms with van der Waals surface area (Å²) < 4.78 is 0. The number of aliphatic hydroxyl groups is 1. The van der Waals surface area contributed by atoms with Crippen molar-refractivity contribution >= 4 is 5.78 Å². The Hall–Kier alpha value is -0.880. The van der Waals surface area contributed by atoms with Gasteiger partial charge in [0.05, 0.1) is 11.7 Å². The summed E-state index contributed by atoms with van der Waals surface area (Å²) in [5, 5.41) is 19.5. The molecule has 82 valence electrons. The van der Waals surface area contributed by atoms with E-state index < -0.39 is 11.0 Å². The minimum atomic E-state index is -0.903. The zero-order valence-electron chi connectivity index (χ0n) is 9.45. The molecule has 4 unspecified atom stereocenters. The highest BCUT2D eigenvalue weighted by Gasteiger charge is 2.62. The van der Waals surface area contributed by atoms with Gasteiger partial charge in [-0.3, -0.25) is 4.79 Å². The van der Waals surface area contributed by atoms with Gasteiger partial charge in [-0.25, -0.2) is 0 Å². The van der Waals surface area contributed by atoms with Gasteiger partial charge in [0, 0.05) is 12.3 Å². The highest BCUT2D eigenvalue weighted by atomic mass is 16.3. The maximum absolute atomic E-state index is 12.1. The van der Waals surface area contributed by atoms with Crippen molar-refractivity contribution in [1.82, 2.24) is 0 Å². The predicted octanol–water partition coefficient (Wildman–Crippen LogP) is 1.51. The predicted molar refractivity (Wildman–Crippen MR) is 54.7 cm³/mol. The number of carbonyl (C=O) groups excluding carboxylic acids is 1. The van der Waals surface area contributed by atoms with E-state index in [1.165, 1.54) is 0 Å². The lowest BCUT2D eigenvalue weighted by atomic mass is 9.66. The summed E-state index contributed by atoms with van der Waals surface area (Å²) in [7, 11) is 0. The molecule has 0 radical (unpaired) electrons. The highest BCUT2D eigenvalue weighted by Crippen LogP contribution is 2.57. The maximum atomic E-state index is 12.1. The minimum Gasteiger partial charge on any atom is -0.390 e. The Morgan fingerprint density at radius 3 is 2.67 bits per heavy atom. The molecule has 0 aromatic heterocycles. The Labute approximate surface area is 90.1 Å². The third-order valence-electron chi connectivity index (χ3n) is 4.55. The van der Waals surface area contributed by atoms with E-state index >= 15 is 0 Å². The summed E-state index contributed by atoms with van der Waals surface area (Å²) in [6.07, 6.45) is 0.857. The lowest BCUT2D eigenvalue weighted by Gasteiger charge is -2.36. The molecule has 2 bridgehead atoms. The molecule has 2 fully saturated rings. The molecule has 3 heteroatoms. The Balaban J connectivity index is 2.49. The molecule has 1 N–H and O–H groups in total. The van der Waals surface area contributed by atoms with Crippen LogP contribution < -0.4 is 0 Å². The van der Waals surface area contributed by atoms with Gasteiger partial charge in [0.1, 0.15) is 5.41 Å². The van der Waals surface area contributed by atoms with Crippen molar-refractivity contribution < 1.29 is 9.90 Å². The smallest absolute Gasteiger partial charge is 0.156 e. The van der Waals surface area contributed by atoms with Crippen molar-refractivity contribution in [1.29, 1.82) is 5.26 Å². The van der Waals surface area contributed by atoms with E-state index in [2.05, 4.69) is 6.07 Å². The monoisotopic (exact) mass is 207 g/mol. The third kappa shape index (κ3) is 1.18. The molecule has 0 amide bonds. The number of nitriles is 1. The van der Waals surface area contributed by atoms with Gasteiger partial charge in [-0.2, -0.15) is 5.26 Å². The molecule has 5 atom stereocenters. The Kier molecular flexibility index (Phi) is 2.00. The van der Waals surface area contributed by atoms with Gasteiger partial charge in [0.25, 0.3) is 0 Å². The molecule has 2 aliphatic rings. The first-order chi connectivity index (χ1) is 6.84. The molecule has 0 spiro atoms. The fourth-order valence-electron chi connectivity index (χ4n) is 3.51. The van der Waals surface area contributed by atoms with Crippen molar-refractivity contribution in [2.75, 3.05) is 0 Å². The summed E-state index contributed by atoms with van der Waals surface area (Å²) in [5.74, 6) is 0.199. The zero-order valence-corrected chi connectivity index (χ0v) is 9.45. The largest absolute Gasteiger partial charge is 0.390 e. The highest BCUT2D eigenvalue weighted by molar-refractivity contribution is 5.91. The molecule has 2 rings (SSSR count). The fraction of sp³-hybridized carbons (Fsp3) is 0.833. The molecule has 15 heavy (non-hydrogen) atoms. The standard InChI is InChI=1S/C12H17NO2/c1-7-8(2)10(14)12(6-13)4-9(7)11(3,15)5-12/h7-9,15H,4-5H2,1-3H3/t7-,8?,9?,11?,12?/m1/s1. The van der Waals surface area contributed by atoms with Gasteiger partial charge in [-0.15, -0.1) is 0 Å². The molecule has 0 saturated heterocycles. The SMILES string of the molecule is CC1C(=O)C2(C#N)CC([C@@H]1C)C(C)(O)C2. The average Bonchev–Trinajstić information content (AvgIpc) is 2.44. The normalized spacial score (nSPS) is 54.1. The average molecular weight is 207 g/mol. The van der Waals surface area contributed by atoms with Crippen LogP contribution in [0.2, 0.25) is 0 Å². The Morgan fingerprint density at radius 2 is 2.13 bits per heavy atom. The van der Waals surface area contributed by atoms with Crippen LogP contribution in [0, 0.1) is 34.5 Å². The van der Waals surface area contributed by atoms with Gasteiger partial charge >= 0.3 is 0 Å². The van der Waals surface area contributed by atoms with E-state index in [0.29, 0.717) is 12.8 Å². The van der Waals surface area contributed by atoms with Crippen LogP contribution in [0.5, 0.6) is 0 Å². The van der Waals surface area contributed by atoms with Crippen molar-refractivity contribution in [3.05, 3.63) is 0 Å². The second-order valence-electron chi connectivity index (χ2n) is 5.55. The molecule has 0 aromatic rings. The first-order valence-corrected chi connectivity index (χ1v) is 5.52. The van der Waals surface area contributed by atoms with Crippen LogP contribution in [-0.2, 0) is 4.79 Å². The number of hydrogen-bond acceptors (Lipinski definition) is 3. The summed E-state index contributed by atoms with van der Waals surface area (Å²) in [6, 6.07) is 2.16. The number of carbonyl (C=O) groups is 1. The van der Waals surface area contributed by atoms with Crippen molar-refractivity contribution in [2.24, 2.45) is 23.2 Å². The molecular formula is C12H17NO2. The van der Waals surface area contributed by atoms with Crippen molar-refractivity contribution in [2.45, 2.75) is 39.2 Å². The number of ketones is 1. The van der Waals surface area contributed by atoms with E-state index in [0.717, 1.165) is 0 Å². The van der Waals surface area contributed by atoms with E-state index in [9.17, 15) is 15.2 Å². The number of fused-ring (bicyclic) bond motifs is 2. The minimum absolute atomic E-state index is 0.0338. The van der Waals surface area contributed by atoms with Crippen LogP contribution in [0.4, 0.5) is 0 Å². The Morgan fingerprint density at radius 1 is 1.53 bits per heavy atom. The summed E-state index contributed by atoms with van der Waals surface area (Å²) in [6.45, 7) is 5.65. The van der Waals surface area contributed by atoms with Gasteiger partial charge < -0.3 is 5.11 Å². The van der Waals surface area contributed by atoms with E-state index in [1.54, 1.807) is 6.92 Å². The van der Waals surface area contributed by atoms with Crippen LogP contribution in [0.25, 0.3) is 0 Å². The van der Waals surface area contributed by atoms with Gasteiger partial charge in [0.15, 0.2) is 5.78 Å². The molecular weight excluding hydrogens is 190 g/mol. The van der Waals surface area contributed by atoms with Gasteiger partial charge in [-0.05, 0) is 25.2 Å². The zero-order chi connectivity index (χ0) is 11.4. The van der Waals surface area contributed by atoms with E-state index in [4.69, 9.17) is 0 Å². The van der Waals surface area contributed by atoms with Gasteiger partial charge in [-0.1, -0.05) is 13.8 Å². The molecule has 0 aromatic carbocycles. The quantitative estimate of drug-likeness (QED) is 0.655. The van der Waals surface area contributed by atoms with Crippen LogP contribution in [0.3, 0.4) is 0 Å². The summed E-state index contributed by atoms with van der Waals surface area (Å²) in [4.78, 5) is 12.1. The van der Waals surface area contributed by atoms with E-state index in [-0.39, 0.29) is 23.5 Å². The first-order valence-electron chi connectivity index (χ1n) is 5.52. The summed E-state index contributed by atoms with van der Waals surface area (Å²) >= 11 is 0. The lowest BCUT2D eigenvalue weighted by Crippen LogP contribution is -2.41. The topological polar surface area (TPSA) is 61.1 Å². The molecule has 2 aliphatic carbocycles. The fourth-order valence-corrected chi connectivity index (χ4v) is 3.51. The number of nitrogens with zero attached hydrogens (tertiary/aromatic N) is 1. The second kappa shape index (κ2) is 2.82. The van der Waals surface area contributed by atoms with Crippen molar-refractivity contribution in [3.8, 4) is 6.07 Å². The second-order valence-corrected chi connectivity index (χ2v) is 5.55. The number of hydrogen-bond donors (Lipinski definition) is 1.